The van der Waals surface area contributed by atoms with E-state index >= 15 is 0 Å². The van der Waals surface area contributed by atoms with Crippen molar-refractivity contribution in [3.8, 4) is 0 Å². The van der Waals surface area contributed by atoms with Gasteiger partial charge in [0.2, 0.25) is 0 Å². The summed E-state index contributed by atoms with van der Waals surface area (Å²) in [5.74, 6) is 3.14. The van der Waals surface area contributed by atoms with Crippen molar-refractivity contribution in [1.29, 1.82) is 0 Å². The Bertz CT molecular complexity index is 394. The van der Waals surface area contributed by atoms with Gasteiger partial charge in [-0.3, -0.25) is 0 Å². The van der Waals surface area contributed by atoms with Gasteiger partial charge >= 0.3 is 0 Å². The van der Waals surface area contributed by atoms with E-state index in [1.54, 1.807) is 5.57 Å². The molecule has 1 saturated carbocycles. The lowest BCUT2D eigenvalue weighted by Crippen LogP contribution is -2.43. The summed E-state index contributed by atoms with van der Waals surface area (Å²) in [6, 6.07) is 0. The maximum Gasteiger partial charge on any atom is 0.0102 e. The zero-order chi connectivity index (χ0) is 13.5. The first-order valence-corrected chi connectivity index (χ1v) is 7.45. The van der Waals surface area contributed by atoms with Crippen molar-refractivity contribution >= 4 is 0 Å². The second-order valence-corrected chi connectivity index (χ2v) is 7.08. The second kappa shape index (κ2) is 4.72. The van der Waals surface area contributed by atoms with E-state index in [9.17, 15) is 0 Å². The summed E-state index contributed by atoms with van der Waals surface area (Å²) >= 11 is 0. The van der Waals surface area contributed by atoms with E-state index in [0.717, 1.165) is 23.7 Å². The maximum absolute atomic E-state index is 4.10. The highest BCUT2D eigenvalue weighted by Gasteiger charge is 2.46. The highest BCUT2D eigenvalue weighted by Crippen LogP contribution is 2.55. The number of fused-ring (bicyclic) bond motifs is 1. The van der Waals surface area contributed by atoms with Crippen molar-refractivity contribution in [3.63, 3.8) is 0 Å². The molecule has 18 heavy (non-hydrogen) atoms. The van der Waals surface area contributed by atoms with Crippen LogP contribution in [0, 0.1) is 29.1 Å². The Balaban J connectivity index is 2.42. The van der Waals surface area contributed by atoms with Crippen molar-refractivity contribution in [2.45, 2.75) is 47.5 Å². The van der Waals surface area contributed by atoms with Gasteiger partial charge in [0.25, 0.3) is 0 Å². The molecule has 0 aromatic heterocycles. The monoisotopic (exact) mass is 244 g/mol. The molecule has 2 aliphatic carbocycles. The van der Waals surface area contributed by atoms with Crippen LogP contribution in [0.2, 0.25) is 0 Å². The zero-order valence-electron chi connectivity index (χ0n) is 12.7. The van der Waals surface area contributed by atoms with Gasteiger partial charge in [-0.2, -0.15) is 0 Å². The van der Waals surface area contributed by atoms with Crippen LogP contribution in [-0.2, 0) is 0 Å². The molecule has 0 amide bonds. The second-order valence-electron chi connectivity index (χ2n) is 7.08. The third-order valence-electron chi connectivity index (χ3n) is 5.17. The lowest BCUT2D eigenvalue weighted by atomic mass is 9.53. The Hall–Kier alpha value is -0.780. The highest BCUT2D eigenvalue weighted by molar-refractivity contribution is 5.43. The predicted octanol–water partition coefficient (Wildman–Crippen LogP) is 5.38. The molecule has 0 saturated heterocycles. The van der Waals surface area contributed by atoms with Crippen LogP contribution in [0.25, 0.3) is 0 Å². The van der Waals surface area contributed by atoms with Crippen molar-refractivity contribution in [3.05, 3.63) is 36.0 Å². The Kier molecular flexibility index (Phi) is 3.58. The molecule has 0 N–H and O–H groups in total. The predicted molar refractivity (Wildman–Crippen MR) is 80.4 cm³/mol. The van der Waals surface area contributed by atoms with Crippen LogP contribution in [-0.4, -0.2) is 0 Å². The van der Waals surface area contributed by atoms with Crippen molar-refractivity contribution in [2.24, 2.45) is 29.1 Å². The molecule has 0 aromatic rings. The lowest BCUT2D eigenvalue weighted by Gasteiger charge is -2.51. The average molecular weight is 244 g/mol. The van der Waals surface area contributed by atoms with Gasteiger partial charge in [0.05, 0.1) is 0 Å². The molecule has 0 heterocycles. The van der Waals surface area contributed by atoms with Crippen LogP contribution in [0.4, 0.5) is 0 Å². The minimum absolute atomic E-state index is 0.266. The quantitative estimate of drug-likeness (QED) is 0.611. The molecule has 0 heteroatoms. The standard InChI is InChI=1S/C18H28/c1-12(2)16-8-7-15-11-14(5)9-10-18(15,6)17(16)13(3)4/h9-13,16-17H,5,7-8H2,1-4,6H3/t16?,17?,18-/m0/s1. The molecule has 0 aromatic carbocycles. The first kappa shape index (κ1) is 13.6. The van der Waals surface area contributed by atoms with Crippen LogP contribution in [0.15, 0.2) is 36.0 Å². The minimum atomic E-state index is 0.266. The van der Waals surface area contributed by atoms with Gasteiger partial charge < -0.3 is 0 Å². The van der Waals surface area contributed by atoms with E-state index in [0.29, 0.717) is 0 Å². The summed E-state index contributed by atoms with van der Waals surface area (Å²) in [6.07, 6.45) is 9.60. The number of rotatable bonds is 2. The van der Waals surface area contributed by atoms with Crippen LogP contribution >= 0.6 is 0 Å². The van der Waals surface area contributed by atoms with Gasteiger partial charge in [0, 0.05) is 5.41 Å². The Morgan fingerprint density at radius 3 is 2.44 bits per heavy atom. The first-order valence-electron chi connectivity index (χ1n) is 7.45. The number of hydrogen-bond acceptors (Lipinski definition) is 0. The summed E-state index contributed by atoms with van der Waals surface area (Å²) < 4.78 is 0. The fraction of sp³-hybridized carbons (Fsp3) is 0.667. The Labute approximate surface area is 113 Å². The fourth-order valence-electron chi connectivity index (χ4n) is 4.36. The zero-order valence-corrected chi connectivity index (χ0v) is 12.7. The fourth-order valence-corrected chi connectivity index (χ4v) is 4.36. The molecule has 0 bridgehead atoms. The lowest BCUT2D eigenvalue weighted by molar-refractivity contribution is 0.0727. The average Bonchev–Trinajstić information content (AvgIpc) is 2.27. The summed E-state index contributed by atoms with van der Waals surface area (Å²) in [5.41, 5.74) is 3.06. The Morgan fingerprint density at radius 2 is 1.89 bits per heavy atom. The molecule has 2 unspecified atom stereocenters. The molecular formula is C18H28. The van der Waals surface area contributed by atoms with E-state index in [4.69, 9.17) is 0 Å². The van der Waals surface area contributed by atoms with E-state index < -0.39 is 0 Å². The normalized spacial score (nSPS) is 35.9. The summed E-state index contributed by atoms with van der Waals surface area (Å²) in [6.45, 7) is 16.1. The molecule has 0 aliphatic heterocycles. The van der Waals surface area contributed by atoms with Crippen molar-refractivity contribution in [2.75, 3.05) is 0 Å². The summed E-state index contributed by atoms with van der Waals surface area (Å²) in [7, 11) is 0. The third-order valence-corrected chi connectivity index (χ3v) is 5.17. The molecular weight excluding hydrogens is 216 g/mol. The Morgan fingerprint density at radius 1 is 1.22 bits per heavy atom. The molecule has 0 radical (unpaired) electrons. The van der Waals surface area contributed by atoms with Crippen molar-refractivity contribution in [1.82, 2.24) is 0 Å². The largest absolute Gasteiger partial charge is 0.0918 e. The van der Waals surface area contributed by atoms with Crippen LogP contribution < -0.4 is 0 Å². The molecule has 0 spiro atoms. The third kappa shape index (κ3) is 2.11. The molecule has 0 nitrogen and oxygen atoms in total. The van der Waals surface area contributed by atoms with Gasteiger partial charge in [-0.1, -0.05) is 65.0 Å². The van der Waals surface area contributed by atoms with E-state index in [1.807, 2.05) is 0 Å². The van der Waals surface area contributed by atoms with Crippen LogP contribution in [0.1, 0.15) is 47.5 Å². The van der Waals surface area contributed by atoms with Crippen molar-refractivity contribution < 1.29 is 0 Å². The van der Waals surface area contributed by atoms with Gasteiger partial charge in [0.15, 0.2) is 0 Å². The number of hydrogen-bond donors (Lipinski definition) is 0. The molecule has 1 fully saturated rings. The van der Waals surface area contributed by atoms with E-state index in [-0.39, 0.29) is 5.41 Å². The summed E-state index contributed by atoms with van der Waals surface area (Å²) in [4.78, 5) is 0. The van der Waals surface area contributed by atoms with E-state index in [1.165, 1.54) is 18.4 Å². The molecule has 3 atom stereocenters. The topological polar surface area (TPSA) is 0 Å². The molecule has 2 rings (SSSR count). The SMILES string of the molecule is C=C1C=C[C@@]2(C)C(=C1)CCC(C(C)C)C2C(C)C. The van der Waals surface area contributed by atoms with Gasteiger partial charge in [0.1, 0.15) is 0 Å². The van der Waals surface area contributed by atoms with Gasteiger partial charge in [-0.05, 0) is 42.1 Å². The van der Waals surface area contributed by atoms with Gasteiger partial charge in [-0.25, -0.2) is 0 Å². The number of allylic oxidation sites excluding steroid dienone is 5. The van der Waals surface area contributed by atoms with Gasteiger partial charge in [-0.15, -0.1) is 0 Å². The first-order chi connectivity index (χ1) is 8.36. The van der Waals surface area contributed by atoms with Crippen LogP contribution in [0.5, 0.6) is 0 Å². The minimum Gasteiger partial charge on any atom is -0.0918 e. The maximum atomic E-state index is 4.10. The molecule has 2 aliphatic rings. The molecule has 100 valence electrons. The highest BCUT2D eigenvalue weighted by atomic mass is 14.5. The summed E-state index contributed by atoms with van der Waals surface area (Å²) in [5, 5.41) is 0. The smallest absolute Gasteiger partial charge is 0.0102 e. The van der Waals surface area contributed by atoms with Crippen LogP contribution in [0.3, 0.4) is 0 Å². The van der Waals surface area contributed by atoms with E-state index in [2.05, 4.69) is 59.4 Å².